The van der Waals surface area contributed by atoms with E-state index in [1.807, 2.05) is 11.8 Å². The molecule has 0 saturated carbocycles. The lowest BCUT2D eigenvalue weighted by Crippen LogP contribution is -2.32. The van der Waals surface area contributed by atoms with Gasteiger partial charge in [0.05, 0.1) is 11.6 Å². The molecule has 0 saturated heterocycles. The second kappa shape index (κ2) is 9.65. The minimum Gasteiger partial charge on any atom is -0.491 e. The highest BCUT2D eigenvalue weighted by Crippen LogP contribution is 2.11. The van der Waals surface area contributed by atoms with Crippen molar-refractivity contribution in [1.29, 1.82) is 5.26 Å². The number of aliphatic hydroxyl groups excluding tert-OH is 1. The van der Waals surface area contributed by atoms with Gasteiger partial charge in [0.1, 0.15) is 18.5 Å². The molecule has 0 amide bonds. The molecule has 0 aromatic heterocycles. The van der Waals surface area contributed by atoms with Gasteiger partial charge in [-0.2, -0.15) is 17.0 Å². The van der Waals surface area contributed by atoms with Crippen LogP contribution < -0.4 is 10.1 Å². The lowest BCUT2D eigenvalue weighted by atomic mass is 10.2. The molecule has 0 radical (unpaired) electrons. The van der Waals surface area contributed by atoms with E-state index >= 15 is 0 Å². The van der Waals surface area contributed by atoms with Crippen molar-refractivity contribution in [2.24, 2.45) is 0 Å². The van der Waals surface area contributed by atoms with E-state index < -0.39 is 6.10 Å². The second-order valence-electron chi connectivity index (χ2n) is 4.64. The van der Waals surface area contributed by atoms with Crippen LogP contribution in [0.5, 0.6) is 5.75 Å². The zero-order valence-electron chi connectivity index (χ0n) is 12.0. The minimum absolute atomic E-state index is 0.247. The molecule has 2 atom stereocenters. The van der Waals surface area contributed by atoms with E-state index in [-0.39, 0.29) is 6.61 Å². The summed E-state index contributed by atoms with van der Waals surface area (Å²) in [5.74, 6) is 0.666. The number of rotatable bonds is 9. The van der Waals surface area contributed by atoms with Crippen LogP contribution in [0.15, 0.2) is 24.3 Å². The average Bonchev–Trinajstić information content (AvgIpc) is 2.49. The molecule has 0 fully saturated rings. The zero-order valence-corrected chi connectivity index (χ0v) is 12.8. The van der Waals surface area contributed by atoms with E-state index in [0.717, 1.165) is 13.0 Å². The number of ether oxygens (including phenoxy) is 1. The van der Waals surface area contributed by atoms with Crippen LogP contribution in [-0.4, -0.2) is 42.4 Å². The molecule has 5 heteroatoms. The van der Waals surface area contributed by atoms with Crippen LogP contribution >= 0.6 is 11.8 Å². The summed E-state index contributed by atoms with van der Waals surface area (Å²) < 4.78 is 5.46. The largest absolute Gasteiger partial charge is 0.491 e. The van der Waals surface area contributed by atoms with Crippen molar-refractivity contribution in [3.63, 3.8) is 0 Å². The molecule has 0 heterocycles. The summed E-state index contributed by atoms with van der Waals surface area (Å²) >= 11 is 1.84. The normalized spacial score (nSPS) is 13.5. The first kappa shape index (κ1) is 16.8. The van der Waals surface area contributed by atoms with E-state index in [2.05, 4.69) is 24.6 Å². The molecule has 2 N–H and O–H groups in total. The minimum atomic E-state index is -0.532. The fourth-order valence-electron chi connectivity index (χ4n) is 1.57. The van der Waals surface area contributed by atoms with Crippen molar-refractivity contribution in [2.75, 3.05) is 26.0 Å². The highest BCUT2D eigenvalue weighted by atomic mass is 32.2. The van der Waals surface area contributed by atoms with Crippen molar-refractivity contribution in [1.82, 2.24) is 5.32 Å². The fourth-order valence-corrected chi connectivity index (χ4v) is 1.92. The molecule has 0 aliphatic rings. The number of aliphatic hydroxyl groups is 1. The summed E-state index contributed by atoms with van der Waals surface area (Å²) in [6.07, 6.45) is 2.66. The van der Waals surface area contributed by atoms with Crippen LogP contribution in [0.2, 0.25) is 0 Å². The van der Waals surface area contributed by atoms with Crippen LogP contribution in [0.3, 0.4) is 0 Å². The monoisotopic (exact) mass is 294 g/mol. The van der Waals surface area contributed by atoms with Gasteiger partial charge in [-0.05, 0) is 43.5 Å². The Morgan fingerprint density at radius 3 is 2.70 bits per heavy atom. The lowest BCUT2D eigenvalue weighted by Gasteiger charge is -2.14. The van der Waals surface area contributed by atoms with Gasteiger partial charge in [-0.15, -0.1) is 0 Å². The first-order chi connectivity index (χ1) is 9.65. The maximum Gasteiger partial charge on any atom is 0.119 e. The summed E-state index contributed by atoms with van der Waals surface area (Å²) in [4.78, 5) is 0. The Balaban J connectivity index is 2.16. The second-order valence-corrected chi connectivity index (χ2v) is 5.92. The number of hydrogen-bond acceptors (Lipinski definition) is 5. The molecule has 4 nitrogen and oxygen atoms in total. The van der Waals surface area contributed by atoms with Gasteiger partial charge in [0, 0.05) is 11.8 Å². The van der Waals surface area contributed by atoms with Crippen molar-refractivity contribution in [2.45, 2.75) is 24.7 Å². The Bertz CT molecular complexity index is 417. The zero-order chi connectivity index (χ0) is 14.8. The third-order valence-electron chi connectivity index (χ3n) is 2.94. The molecule has 0 spiro atoms. The highest BCUT2D eigenvalue weighted by molar-refractivity contribution is 7.99. The van der Waals surface area contributed by atoms with Crippen molar-refractivity contribution in [3.8, 4) is 11.8 Å². The first-order valence-electron chi connectivity index (χ1n) is 6.70. The van der Waals surface area contributed by atoms with Gasteiger partial charge in [0.2, 0.25) is 0 Å². The lowest BCUT2D eigenvalue weighted by molar-refractivity contribution is 0.106. The van der Waals surface area contributed by atoms with E-state index in [1.54, 1.807) is 24.3 Å². The summed E-state index contributed by atoms with van der Waals surface area (Å²) in [5, 5.41) is 22.3. The SMILES string of the molecule is CSC(C)CCNCC(O)COc1ccc(C#N)cc1. The number of hydrogen-bond donors (Lipinski definition) is 2. The van der Waals surface area contributed by atoms with Gasteiger partial charge in [-0.25, -0.2) is 0 Å². The number of benzene rings is 1. The van der Waals surface area contributed by atoms with Gasteiger partial charge >= 0.3 is 0 Å². The molecule has 0 bridgehead atoms. The molecular weight excluding hydrogens is 272 g/mol. The van der Waals surface area contributed by atoms with Crippen LogP contribution in [0.25, 0.3) is 0 Å². The summed E-state index contributed by atoms with van der Waals surface area (Å²) in [5.41, 5.74) is 0.600. The van der Waals surface area contributed by atoms with E-state index in [1.165, 1.54) is 0 Å². The van der Waals surface area contributed by atoms with Gasteiger partial charge in [0.15, 0.2) is 0 Å². The van der Waals surface area contributed by atoms with Crippen LogP contribution in [0.4, 0.5) is 0 Å². The highest BCUT2D eigenvalue weighted by Gasteiger charge is 2.05. The van der Waals surface area contributed by atoms with Crippen molar-refractivity contribution < 1.29 is 9.84 Å². The molecule has 0 aliphatic carbocycles. The van der Waals surface area contributed by atoms with Gasteiger partial charge < -0.3 is 15.2 Å². The third-order valence-corrected chi connectivity index (χ3v) is 3.98. The predicted molar refractivity (Wildman–Crippen MR) is 83.1 cm³/mol. The van der Waals surface area contributed by atoms with Crippen LogP contribution in [0.1, 0.15) is 18.9 Å². The number of nitriles is 1. The van der Waals surface area contributed by atoms with Gasteiger partial charge in [-0.3, -0.25) is 0 Å². The summed E-state index contributed by atoms with van der Waals surface area (Å²) in [7, 11) is 0. The maximum atomic E-state index is 9.79. The molecular formula is C15H22N2O2S. The Labute approximate surface area is 125 Å². The quantitative estimate of drug-likeness (QED) is 0.682. The van der Waals surface area contributed by atoms with Gasteiger partial charge in [-0.1, -0.05) is 6.92 Å². The summed E-state index contributed by atoms with van der Waals surface area (Å²) in [6, 6.07) is 8.92. The standard InChI is InChI=1S/C15H22N2O2S/c1-12(20-2)7-8-17-10-14(18)11-19-15-5-3-13(9-16)4-6-15/h3-6,12,14,17-18H,7-8,10-11H2,1-2H3. The molecule has 2 unspecified atom stereocenters. The van der Waals surface area contributed by atoms with Crippen molar-refractivity contribution in [3.05, 3.63) is 29.8 Å². The summed E-state index contributed by atoms with van der Waals surface area (Å²) in [6.45, 7) is 3.86. The smallest absolute Gasteiger partial charge is 0.119 e. The average molecular weight is 294 g/mol. The van der Waals surface area contributed by atoms with Crippen LogP contribution in [-0.2, 0) is 0 Å². The molecule has 1 rings (SSSR count). The Morgan fingerprint density at radius 2 is 2.10 bits per heavy atom. The molecule has 1 aromatic rings. The number of thioether (sulfide) groups is 1. The first-order valence-corrected chi connectivity index (χ1v) is 7.99. The topological polar surface area (TPSA) is 65.3 Å². The predicted octanol–water partition coefficient (Wildman–Crippen LogP) is 2.03. The number of nitrogens with zero attached hydrogens (tertiary/aromatic N) is 1. The molecule has 20 heavy (non-hydrogen) atoms. The fraction of sp³-hybridized carbons (Fsp3) is 0.533. The van der Waals surface area contributed by atoms with E-state index in [9.17, 15) is 5.11 Å². The van der Waals surface area contributed by atoms with Gasteiger partial charge in [0.25, 0.3) is 0 Å². The third kappa shape index (κ3) is 6.80. The number of nitrogens with one attached hydrogen (secondary N) is 1. The van der Waals surface area contributed by atoms with Crippen molar-refractivity contribution >= 4 is 11.8 Å². The maximum absolute atomic E-state index is 9.79. The van der Waals surface area contributed by atoms with E-state index in [4.69, 9.17) is 10.00 Å². The molecule has 1 aromatic carbocycles. The van der Waals surface area contributed by atoms with Crippen LogP contribution in [0, 0.1) is 11.3 Å². The molecule has 110 valence electrons. The van der Waals surface area contributed by atoms with E-state index in [0.29, 0.717) is 23.1 Å². The molecule has 0 aliphatic heterocycles. The Hall–Kier alpha value is -1.22. The Morgan fingerprint density at radius 1 is 1.40 bits per heavy atom. The Kier molecular flexibility index (Phi) is 8.12.